The normalized spacial score (nSPS) is 12.6. The van der Waals surface area contributed by atoms with Crippen molar-refractivity contribution < 1.29 is 0 Å². The molecule has 0 amide bonds. The number of aromatic nitrogens is 1. The van der Waals surface area contributed by atoms with Crippen LogP contribution in [0.1, 0.15) is 17.8 Å². The van der Waals surface area contributed by atoms with E-state index in [1.54, 1.807) is 11.3 Å². The van der Waals surface area contributed by atoms with E-state index in [0.29, 0.717) is 18.4 Å². The molecule has 102 valence electrons. The van der Waals surface area contributed by atoms with Gasteiger partial charge in [0.25, 0.3) is 0 Å². The number of thiazole rings is 1. The van der Waals surface area contributed by atoms with Gasteiger partial charge in [-0.1, -0.05) is 25.1 Å². The summed E-state index contributed by atoms with van der Waals surface area (Å²) in [6.45, 7) is 2.73. The van der Waals surface area contributed by atoms with E-state index in [1.807, 2.05) is 41.9 Å². The number of para-hydroxylation sites is 1. The standard InChI is InChI=1S/C13H16N4S.HI/c1-10(12-15-7-8-18-12)9-16-13(14)17-11-5-3-2-4-6-11;/h2-8,10H,9H2,1H3,(H3,14,16,17);1H. The Hall–Kier alpha value is -1.15. The number of nitrogens with two attached hydrogens (primary N) is 1. The van der Waals surface area contributed by atoms with Crippen molar-refractivity contribution in [2.24, 2.45) is 10.7 Å². The summed E-state index contributed by atoms with van der Waals surface area (Å²) >= 11 is 1.65. The van der Waals surface area contributed by atoms with Gasteiger partial charge < -0.3 is 11.1 Å². The number of rotatable bonds is 4. The lowest BCUT2D eigenvalue weighted by Crippen LogP contribution is -2.23. The van der Waals surface area contributed by atoms with Crippen LogP contribution in [0.2, 0.25) is 0 Å². The highest BCUT2D eigenvalue weighted by atomic mass is 127. The summed E-state index contributed by atoms with van der Waals surface area (Å²) in [6.07, 6.45) is 1.81. The van der Waals surface area contributed by atoms with Crippen LogP contribution >= 0.6 is 35.3 Å². The number of halogens is 1. The second kappa shape index (κ2) is 8.11. The van der Waals surface area contributed by atoms with E-state index < -0.39 is 0 Å². The van der Waals surface area contributed by atoms with Crippen molar-refractivity contribution in [3.63, 3.8) is 0 Å². The molecule has 0 radical (unpaired) electrons. The number of nitrogens with one attached hydrogen (secondary N) is 1. The van der Waals surface area contributed by atoms with Crippen LogP contribution in [0.15, 0.2) is 46.9 Å². The number of nitrogens with zero attached hydrogens (tertiary/aromatic N) is 2. The monoisotopic (exact) mass is 388 g/mol. The van der Waals surface area contributed by atoms with Gasteiger partial charge in [-0.25, -0.2) is 4.98 Å². The van der Waals surface area contributed by atoms with Crippen LogP contribution in [-0.2, 0) is 0 Å². The average molecular weight is 388 g/mol. The average Bonchev–Trinajstić information content (AvgIpc) is 2.91. The summed E-state index contributed by atoms with van der Waals surface area (Å²) in [5, 5.41) is 6.12. The van der Waals surface area contributed by atoms with Gasteiger partial charge in [-0.05, 0) is 12.1 Å². The van der Waals surface area contributed by atoms with Crippen molar-refractivity contribution in [3.05, 3.63) is 46.9 Å². The predicted molar refractivity (Wildman–Crippen MR) is 92.5 cm³/mol. The van der Waals surface area contributed by atoms with E-state index in [-0.39, 0.29) is 24.0 Å². The molecule has 1 aromatic heterocycles. The quantitative estimate of drug-likeness (QED) is 0.480. The first-order chi connectivity index (χ1) is 8.75. The van der Waals surface area contributed by atoms with Gasteiger partial charge in [-0.2, -0.15) is 0 Å². The zero-order valence-electron chi connectivity index (χ0n) is 10.6. The van der Waals surface area contributed by atoms with E-state index in [9.17, 15) is 0 Å². The highest BCUT2D eigenvalue weighted by Crippen LogP contribution is 2.17. The zero-order chi connectivity index (χ0) is 12.8. The van der Waals surface area contributed by atoms with Crippen molar-refractivity contribution in [1.29, 1.82) is 0 Å². The molecule has 0 fully saturated rings. The summed E-state index contributed by atoms with van der Waals surface area (Å²) in [5.74, 6) is 0.728. The van der Waals surface area contributed by atoms with Crippen LogP contribution in [0.25, 0.3) is 0 Å². The van der Waals surface area contributed by atoms with Gasteiger partial charge in [0.1, 0.15) is 0 Å². The Morgan fingerprint density at radius 2 is 2.16 bits per heavy atom. The summed E-state index contributed by atoms with van der Waals surface area (Å²) < 4.78 is 0. The molecule has 0 saturated heterocycles. The zero-order valence-corrected chi connectivity index (χ0v) is 13.8. The minimum absolute atomic E-state index is 0. The minimum atomic E-state index is 0. The van der Waals surface area contributed by atoms with E-state index in [4.69, 9.17) is 5.73 Å². The first kappa shape index (κ1) is 15.9. The number of aliphatic imine (C=N–C) groups is 1. The first-order valence-electron chi connectivity index (χ1n) is 5.77. The molecule has 1 atom stereocenters. The summed E-state index contributed by atoms with van der Waals surface area (Å²) in [7, 11) is 0. The summed E-state index contributed by atoms with van der Waals surface area (Å²) in [4.78, 5) is 8.59. The van der Waals surface area contributed by atoms with Gasteiger partial charge in [0.15, 0.2) is 5.96 Å². The van der Waals surface area contributed by atoms with Gasteiger partial charge in [0.05, 0.1) is 11.6 Å². The van der Waals surface area contributed by atoms with Crippen molar-refractivity contribution in [3.8, 4) is 0 Å². The molecule has 0 aliphatic carbocycles. The van der Waals surface area contributed by atoms with Crippen LogP contribution in [0.3, 0.4) is 0 Å². The molecule has 0 spiro atoms. The maximum atomic E-state index is 5.83. The SMILES string of the molecule is CC(CN=C(N)Nc1ccccc1)c1nccs1.I. The summed E-state index contributed by atoms with van der Waals surface area (Å²) in [5.41, 5.74) is 6.77. The lowest BCUT2D eigenvalue weighted by Gasteiger charge is -2.07. The molecule has 2 aromatic rings. The number of hydrogen-bond donors (Lipinski definition) is 2. The topological polar surface area (TPSA) is 63.3 Å². The van der Waals surface area contributed by atoms with Crippen molar-refractivity contribution in [1.82, 2.24) is 4.98 Å². The van der Waals surface area contributed by atoms with E-state index in [0.717, 1.165) is 10.7 Å². The Morgan fingerprint density at radius 1 is 1.42 bits per heavy atom. The molecule has 0 saturated carbocycles. The van der Waals surface area contributed by atoms with Crippen LogP contribution in [-0.4, -0.2) is 17.5 Å². The Balaban J connectivity index is 0.00000180. The number of hydrogen-bond acceptors (Lipinski definition) is 3. The maximum absolute atomic E-state index is 5.83. The van der Waals surface area contributed by atoms with Gasteiger partial charge in [0.2, 0.25) is 0 Å². The molecular formula is C13H17IN4S. The fraction of sp³-hybridized carbons (Fsp3) is 0.231. The maximum Gasteiger partial charge on any atom is 0.193 e. The Kier molecular flexibility index (Phi) is 6.79. The highest BCUT2D eigenvalue weighted by Gasteiger charge is 2.07. The van der Waals surface area contributed by atoms with Crippen LogP contribution in [0, 0.1) is 0 Å². The molecular weight excluding hydrogens is 371 g/mol. The summed E-state index contributed by atoms with van der Waals surface area (Å²) in [6, 6.07) is 9.77. The second-order valence-electron chi connectivity index (χ2n) is 3.99. The second-order valence-corrected chi connectivity index (χ2v) is 4.91. The predicted octanol–water partition coefficient (Wildman–Crippen LogP) is 3.29. The first-order valence-corrected chi connectivity index (χ1v) is 6.65. The van der Waals surface area contributed by atoms with Crippen molar-refractivity contribution in [2.45, 2.75) is 12.8 Å². The Morgan fingerprint density at radius 3 is 2.79 bits per heavy atom. The van der Waals surface area contributed by atoms with E-state index in [2.05, 4.69) is 22.2 Å². The fourth-order valence-corrected chi connectivity index (χ4v) is 2.19. The van der Waals surface area contributed by atoms with Crippen LogP contribution in [0.5, 0.6) is 0 Å². The molecule has 1 aromatic carbocycles. The molecule has 0 aliphatic heterocycles. The van der Waals surface area contributed by atoms with Crippen molar-refractivity contribution in [2.75, 3.05) is 11.9 Å². The fourth-order valence-electron chi connectivity index (χ4n) is 1.50. The molecule has 3 N–H and O–H groups in total. The molecule has 4 nitrogen and oxygen atoms in total. The third-order valence-corrected chi connectivity index (χ3v) is 3.46. The lowest BCUT2D eigenvalue weighted by molar-refractivity contribution is 0.766. The lowest BCUT2D eigenvalue weighted by atomic mass is 10.2. The van der Waals surface area contributed by atoms with Crippen molar-refractivity contribution >= 4 is 47.0 Å². The minimum Gasteiger partial charge on any atom is -0.370 e. The highest BCUT2D eigenvalue weighted by molar-refractivity contribution is 14.0. The van der Waals surface area contributed by atoms with Gasteiger partial charge in [-0.3, -0.25) is 4.99 Å². The van der Waals surface area contributed by atoms with E-state index >= 15 is 0 Å². The van der Waals surface area contributed by atoms with Gasteiger partial charge >= 0.3 is 0 Å². The number of anilines is 1. The number of guanidine groups is 1. The third-order valence-electron chi connectivity index (χ3n) is 2.45. The molecule has 0 bridgehead atoms. The molecule has 19 heavy (non-hydrogen) atoms. The molecule has 0 aliphatic rings. The Labute approximate surface area is 134 Å². The molecule has 1 unspecified atom stereocenters. The molecule has 1 heterocycles. The third kappa shape index (κ3) is 5.15. The largest absolute Gasteiger partial charge is 0.370 e. The van der Waals surface area contributed by atoms with E-state index in [1.165, 1.54) is 0 Å². The molecule has 6 heteroatoms. The Bertz CT molecular complexity index is 499. The van der Waals surface area contributed by atoms with Gasteiger partial charge in [0, 0.05) is 23.2 Å². The van der Waals surface area contributed by atoms with Crippen LogP contribution in [0.4, 0.5) is 5.69 Å². The van der Waals surface area contributed by atoms with Crippen LogP contribution < -0.4 is 11.1 Å². The number of benzene rings is 1. The molecule has 2 rings (SSSR count). The van der Waals surface area contributed by atoms with Gasteiger partial charge in [-0.15, -0.1) is 35.3 Å². The smallest absolute Gasteiger partial charge is 0.193 e.